The van der Waals surface area contributed by atoms with Crippen LogP contribution in [0.15, 0.2) is 35.5 Å². The van der Waals surface area contributed by atoms with Crippen LogP contribution >= 0.6 is 11.6 Å². The molecule has 0 atom stereocenters. The molecule has 1 fully saturated rings. The first kappa shape index (κ1) is 20.9. The number of H-pyrrole nitrogens is 1. The number of rotatable bonds is 3. The third-order valence-electron chi connectivity index (χ3n) is 6.13. The molecule has 0 bridgehead atoms. The molecule has 0 amide bonds. The summed E-state index contributed by atoms with van der Waals surface area (Å²) in [5, 5.41) is 6.07. The molecule has 3 heterocycles. The number of benzene rings is 1. The van der Waals surface area contributed by atoms with E-state index in [4.69, 9.17) is 11.6 Å². The van der Waals surface area contributed by atoms with Crippen LogP contribution in [0.1, 0.15) is 40.9 Å². The van der Waals surface area contributed by atoms with E-state index in [1.54, 1.807) is 0 Å². The molecule has 0 saturated heterocycles. The average molecular weight is 466 g/mol. The lowest BCUT2D eigenvalue weighted by molar-refractivity contribution is -0.138. The van der Waals surface area contributed by atoms with E-state index >= 15 is 0 Å². The van der Waals surface area contributed by atoms with E-state index in [1.165, 1.54) is 18.6 Å². The molecule has 1 N–H and O–H groups in total. The minimum absolute atomic E-state index is 0.0116. The lowest BCUT2D eigenvalue weighted by Crippen LogP contribution is -2.34. The Morgan fingerprint density at radius 1 is 1.19 bits per heavy atom. The molecule has 2 aromatic heterocycles. The van der Waals surface area contributed by atoms with E-state index in [2.05, 4.69) is 20.2 Å². The van der Waals surface area contributed by atoms with Crippen molar-refractivity contribution in [3.05, 3.63) is 80.0 Å². The van der Waals surface area contributed by atoms with Crippen molar-refractivity contribution in [3.8, 4) is 0 Å². The highest BCUT2D eigenvalue weighted by Crippen LogP contribution is 2.57. The molecule has 1 saturated carbocycles. The highest BCUT2D eigenvalue weighted by atomic mass is 35.5. The van der Waals surface area contributed by atoms with Gasteiger partial charge in [0.05, 0.1) is 35.4 Å². The molecule has 166 valence electrons. The number of fused-ring (bicyclic) bond motifs is 1. The Hall–Kier alpha value is -3.01. The Labute approximate surface area is 184 Å². The van der Waals surface area contributed by atoms with Gasteiger partial charge in [0.1, 0.15) is 17.2 Å². The first-order valence-electron chi connectivity index (χ1n) is 9.89. The van der Waals surface area contributed by atoms with E-state index in [-0.39, 0.29) is 10.6 Å². The number of nitrogens with zero attached hydrogens (tertiary/aromatic N) is 4. The van der Waals surface area contributed by atoms with Crippen molar-refractivity contribution in [2.45, 2.75) is 37.4 Å². The van der Waals surface area contributed by atoms with Gasteiger partial charge >= 0.3 is 6.18 Å². The van der Waals surface area contributed by atoms with Gasteiger partial charge in [0.2, 0.25) is 0 Å². The molecular weight excluding hydrogens is 450 g/mol. The summed E-state index contributed by atoms with van der Waals surface area (Å²) in [6, 6.07) is 2.82. The molecule has 0 unspecified atom stereocenters. The molecule has 0 radical (unpaired) electrons. The van der Waals surface area contributed by atoms with E-state index in [1.807, 2.05) is 4.90 Å². The van der Waals surface area contributed by atoms with Crippen LogP contribution in [-0.4, -0.2) is 26.7 Å². The van der Waals surface area contributed by atoms with Crippen LogP contribution in [-0.2, 0) is 24.6 Å². The first-order chi connectivity index (χ1) is 15.2. The predicted molar refractivity (Wildman–Crippen MR) is 108 cm³/mol. The van der Waals surface area contributed by atoms with Crippen LogP contribution < -0.4 is 10.5 Å². The van der Waals surface area contributed by atoms with Crippen molar-refractivity contribution in [2.24, 2.45) is 0 Å². The highest BCUT2D eigenvalue weighted by Gasteiger charge is 2.53. The summed E-state index contributed by atoms with van der Waals surface area (Å²) in [6.07, 6.45) is -0.461. The Bertz CT molecular complexity index is 1270. The van der Waals surface area contributed by atoms with Crippen LogP contribution in [0.4, 0.5) is 23.2 Å². The minimum atomic E-state index is -4.68. The second-order valence-electron chi connectivity index (χ2n) is 7.99. The molecule has 5 rings (SSSR count). The van der Waals surface area contributed by atoms with E-state index in [9.17, 15) is 22.4 Å². The van der Waals surface area contributed by atoms with Crippen LogP contribution in [0.5, 0.6) is 0 Å². The van der Waals surface area contributed by atoms with Crippen molar-refractivity contribution in [1.29, 1.82) is 0 Å². The van der Waals surface area contributed by atoms with Crippen molar-refractivity contribution in [3.63, 3.8) is 0 Å². The monoisotopic (exact) mass is 465 g/mol. The molecule has 1 aromatic carbocycles. The minimum Gasteiger partial charge on any atom is -0.363 e. The maximum Gasteiger partial charge on any atom is 0.416 e. The second-order valence-corrected chi connectivity index (χ2v) is 8.37. The van der Waals surface area contributed by atoms with Crippen molar-refractivity contribution >= 4 is 17.3 Å². The van der Waals surface area contributed by atoms with E-state index in [0.717, 1.165) is 11.6 Å². The van der Waals surface area contributed by atoms with Gasteiger partial charge in [-0.2, -0.15) is 18.3 Å². The third-order valence-corrected chi connectivity index (χ3v) is 6.50. The lowest BCUT2D eigenvalue weighted by Gasteiger charge is -2.32. The van der Waals surface area contributed by atoms with Crippen LogP contribution in [0.3, 0.4) is 0 Å². The highest BCUT2D eigenvalue weighted by molar-refractivity contribution is 6.33. The average Bonchev–Trinajstić information content (AvgIpc) is 3.56. The standard InChI is InChI=1S/C21H16ClF4N5O/c22-17-16(8-29-30-19(17)32)31-6-3-12-15(9-31)27-10-28-18(12)20(4-5-20)13-2-1-11(23)7-14(13)21(24,25)26/h1-2,7-8,10H,3-6,9H2,(H,30,32). The number of hydrogen-bond acceptors (Lipinski definition) is 5. The Morgan fingerprint density at radius 3 is 2.69 bits per heavy atom. The van der Waals surface area contributed by atoms with E-state index < -0.39 is 28.5 Å². The molecule has 11 heteroatoms. The summed E-state index contributed by atoms with van der Waals surface area (Å²) in [5.41, 5.74) is 0.0856. The van der Waals surface area contributed by atoms with Crippen LogP contribution in [0.25, 0.3) is 0 Å². The largest absolute Gasteiger partial charge is 0.416 e. The van der Waals surface area contributed by atoms with Crippen molar-refractivity contribution in [1.82, 2.24) is 20.2 Å². The Morgan fingerprint density at radius 2 is 1.97 bits per heavy atom. The SMILES string of the molecule is O=c1[nH]ncc(N2CCc3c(ncnc3C3(c4ccc(F)cc4C(F)(F)F)CC3)C2)c1Cl. The normalized spacial score (nSPS) is 17.2. The summed E-state index contributed by atoms with van der Waals surface area (Å²) in [6.45, 7) is 0.769. The summed E-state index contributed by atoms with van der Waals surface area (Å²) in [7, 11) is 0. The quantitative estimate of drug-likeness (QED) is 0.591. The number of hydrogen-bond donors (Lipinski definition) is 1. The summed E-state index contributed by atoms with van der Waals surface area (Å²) >= 11 is 6.13. The molecule has 2 aliphatic rings. The van der Waals surface area contributed by atoms with Crippen molar-refractivity contribution < 1.29 is 17.6 Å². The maximum atomic E-state index is 13.7. The summed E-state index contributed by atoms with van der Waals surface area (Å²) < 4.78 is 54.7. The van der Waals surface area contributed by atoms with E-state index in [0.29, 0.717) is 55.5 Å². The fourth-order valence-electron chi connectivity index (χ4n) is 4.49. The Balaban J connectivity index is 1.56. The van der Waals surface area contributed by atoms with Gasteiger partial charge < -0.3 is 4.90 Å². The lowest BCUT2D eigenvalue weighted by atomic mass is 9.84. The zero-order chi connectivity index (χ0) is 22.7. The number of aromatic nitrogens is 4. The molecule has 32 heavy (non-hydrogen) atoms. The number of anilines is 1. The summed E-state index contributed by atoms with van der Waals surface area (Å²) in [5.74, 6) is -0.930. The van der Waals surface area contributed by atoms with Gasteiger partial charge in [-0.15, -0.1) is 0 Å². The number of aromatic amines is 1. The van der Waals surface area contributed by atoms with Gasteiger partial charge in [0.25, 0.3) is 5.56 Å². The summed E-state index contributed by atoms with van der Waals surface area (Å²) in [4.78, 5) is 22.4. The number of nitrogens with one attached hydrogen (secondary N) is 1. The fourth-order valence-corrected chi connectivity index (χ4v) is 4.70. The van der Waals surface area contributed by atoms with Gasteiger partial charge in [-0.25, -0.2) is 19.5 Å². The third kappa shape index (κ3) is 3.33. The molecule has 1 aliphatic heterocycles. The molecule has 3 aromatic rings. The number of alkyl halides is 3. The topological polar surface area (TPSA) is 74.8 Å². The molecular formula is C21H16ClF4N5O. The van der Waals surface area contributed by atoms with Gasteiger partial charge in [0, 0.05) is 12.0 Å². The predicted octanol–water partition coefficient (Wildman–Crippen LogP) is 4.01. The van der Waals surface area contributed by atoms with Gasteiger partial charge in [0.15, 0.2) is 0 Å². The maximum absolute atomic E-state index is 13.7. The molecule has 1 aliphatic carbocycles. The van der Waals surface area contributed by atoms with Crippen LogP contribution in [0.2, 0.25) is 5.02 Å². The number of halogens is 5. The van der Waals surface area contributed by atoms with Gasteiger partial charge in [-0.1, -0.05) is 17.7 Å². The zero-order valence-corrected chi connectivity index (χ0v) is 17.3. The Kier molecular flexibility index (Phi) is 4.74. The molecule has 6 nitrogen and oxygen atoms in total. The fraction of sp³-hybridized carbons (Fsp3) is 0.333. The zero-order valence-electron chi connectivity index (χ0n) is 16.5. The smallest absolute Gasteiger partial charge is 0.363 e. The second kappa shape index (κ2) is 7.26. The first-order valence-corrected chi connectivity index (χ1v) is 10.3. The van der Waals surface area contributed by atoms with Crippen LogP contribution in [0, 0.1) is 5.82 Å². The molecule has 0 spiro atoms. The van der Waals surface area contributed by atoms with Gasteiger partial charge in [-0.05, 0) is 42.5 Å². The van der Waals surface area contributed by atoms with Crippen molar-refractivity contribution in [2.75, 3.05) is 11.4 Å². The van der Waals surface area contributed by atoms with Gasteiger partial charge in [-0.3, -0.25) is 4.79 Å².